The van der Waals surface area contributed by atoms with Crippen LogP contribution in [0.5, 0.6) is 5.75 Å². The van der Waals surface area contributed by atoms with Gasteiger partial charge in [0.05, 0.1) is 17.9 Å². The summed E-state index contributed by atoms with van der Waals surface area (Å²) in [4.78, 5) is 39.5. The monoisotopic (exact) mass is 613 g/mol. The number of anilines is 2. The summed E-state index contributed by atoms with van der Waals surface area (Å²) in [5.74, 6) is 0.0554. The average Bonchev–Trinajstić information content (AvgIpc) is 3.01. The predicted molar refractivity (Wildman–Crippen MR) is 175 cm³/mol. The Labute approximate surface area is 260 Å². The van der Waals surface area contributed by atoms with Crippen LogP contribution in [-0.4, -0.2) is 30.6 Å². The van der Waals surface area contributed by atoms with Crippen LogP contribution in [0, 0.1) is 0 Å². The number of carbonyl (C=O) groups excluding carboxylic acids is 3. The summed E-state index contributed by atoms with van der Waals surface area (Å²) in [7, 11) is 1.53. The molecule has 43 heavy (non-hydrogen) atoms. The Morgan fingerprint density at radius 2 is 1.53 bits per heavy atom. The van der Waals surface area contributed by atoms with E-state index in [1.807, 2.05) is 42.5 Å². The molecule has 7 nitrogen and oxygen atoms in total. The lowest BCUT2D eigenvalue weighted by atomic mass is 10.0. The zero-order valence-electron chi connectivity index (χ0n) is 24.0. The van der Waals surface area contributed by atoms with Crippen LogP contribution in [0.25, 0.3) is 6.08 Å². The Balaban J connectivity index is 1.40. The average molecular weight is 614 g/mol. The Bertz CT molecular complexity index is 1610. The highest BCUT2D eigenvalue weighted by Gasteiger charge is 2.15. The van der Waals surface area contributed by atoms with Crippen LogP contribution in [0.1, 0.15) is 41.3 Å². The first kappa shape index (κ1) is 31.4. The molecule has 0 aliphatic heterocycles. The molecule has 0 unspecified atom stereocenters. The predicted octanol–water partition coefficient (Wildman–Crippen LogP) is 7.61. The zero-order valence-corrected chi connectivity index (χ0v) is 25.6. The van der Waals surface area contributed by atoms with Crippen molar-refractivity contribution in [1.82, 2.24) is 5.32 Å². The van der Waals surface area contributed by atoms with Gasteiger partial charge in [0.25, 0.3) is 11.8 Å². The van der Waals surface area contributed by atoms with Crippen molar-refractivity contribution in [3.05, 3.63) is 124 Å². The van der Waals surface area contributed by atoms with Gasteiger partial charge in [-0.25, -0.2) is 0 Å². The van der Waals surface area contributed by atoms with Gasteiger partial charge < -0.3 is 20.7 Å². The van der Waals surface area contributed by atoms with Gasteiger partial charge in [0.1, 0.15) is 11.4 Å². The summed E-state index contributed by atoms with van der Waals surface area (Å²) >= 11 is 7.48. The number of methoxy groups -OCH3 is 1. The molecule has 4 rings (SSSR count). The third-order valence-corrected chi connectivity index (χ3v) is 7.67. The summed E-state index contributed by atoms with van der Waals surface area (Å²) in [5, 5.41) is 8.84. The Morgan fingerprint density at radius 1 is 0.860 bits per heavy atom. The quantitative estimate of drug-likeness (QED) is 0.119. The number of ether oxygens (including phenoxy) is 1. The SMILES string of the molecule is COc1ccc(NC(=O)CSc2ccc(NC(=O)/C(=C/c3ccc(C(C)C)cc3)NC(=O)c3ccccc3)cc2)cc1Cl. The molecule has 0 saturated heterocycles. The maximum atomic E-state index is 13.3. The Kier molecular flexibility index (Phi) is 11.0. The molecule has 0 saturated carbocycles. The van der Waals surface area contributed by atoms with Crippen molar-refractivity contribution in [3.63, 3.8) is 0 Å². The van der Waals surface area contributed by atoms with Crippen LogP contribution in [0.4, 0.5) is 11.4 Å². The molecule has 0 fully saturated rings. The van der Waals surface area contributed by atoms with E-state index in [9.17, 15) is 14.4 Å². The molecule has 0 bridgehead atoms. The standard InChI is InChI=1S/C34H32ClN3O4S/c1-22(2)24-11-9-23(10-12-24)19-30(38-33(40)25-7-5-4-6-8-25)34(41)37-26-13-16-28(17-14-26)43-21-32(39)36-27-15-18-31(42-3)29(35)20-27/h4-20,22H,21H2,1-3H3,(H,36,39)(H,37,41)(H,38,40)/b30-19-. The Morgan fingerprint density at radius 3 is 2.16 bits per heavy atom. The summed E-state index contributed by atoms with van der Waals surface area (Å²) < 4.78 is 5.13. The third-order valence-electron chi connectivity index (χ3n) is 6.36. The van der Waals surface area contributed by atoms with E-state index in [1.165, 1.54) is 24.4 Å². The van der Waals surface area contributed by atoms with E-state index in [1.54, 1.807) is 60.7 Å². The van der Waals surface area contributed by atoms with Crippen molar-refractivity contribution in [2.24, 2.45) is 0 Å². The molecule has 0 spiro atoms. The van der Waals surface area contributed by atoms with Gasteiger partial charge in [-0.3, -0.25) is 14.4 Å². The highest BCUT2D eigenvalue weighted by molar-refractivity contribution is 8.00. The number of rotatable bonds is 11. The molecule has 220 valence electrons. The molecule has 4 aromatic rings. The molecule has 0 aliphatic carbocycles. The largest absolute Gasteiger partial charge is 0.495 e. The second-order valence-corrected chi connectivity index (χ2v) is 11.3. The van der Waals surface area contributed by atoms with Crippen molar-refractivity contribution in [2.45, 2.75) is 24.7 Å². The molecule has 0 aromatic heterocycles. The van der Waals surface area contributed by atoms with Gasteiger partial charge in [0, 0.05) is 21.8 Å². The topological polar surface area (TPSA) is 96.5 Å². The first-order chi connectivity index (χ1) is 20.7. The lowest BCUT2D eigenvalue weighted by molar-refractivity contribution is -0.114. The first-order valence-electron chi connectivity index (χ1n) is 13.6. The van der Waals surface area contributed by atoms with Crippen LogP contribution in [-0.2, 0) is 9.59 Å². The molecule has 0 atom stereocenters. The normalized spacial score (nSPS) is 11.1. The highest BCUT2D eigenvalue weighted by atomic mass is 35.5. The fraction of sp³-hybridized carbons (Fsp3) is 0.147. The fourth-order valence-electron chi connectivity index (χ4n) is 4.01. The summed E-state index contributed by atoms with van der Waals surface area (Å²) in [6, 6.07) is 28.7. The van der Waals surface area contributed by atoms with Gasteiger partial charge in [0.15, 0.2) is 0 Å². The van der Waals surface area contributed by atoms with E-state index in [2.05, 4.69) is 29.8 Å². The van der Waals surface area contributed by atoms with Gasteiger partial charge in [-0.1, -0.05) is 67.9 Å². The zero-order chi connectivity index (χ0) is 30.8. The molecule has 0 heterocycles. The minimum atomic E-state index is -0.463. The number of amides is 3. The van der Waals surface area contributed by atoms with E-state index in [0.717, 1.165) is 10.5 Å². The molecular weight excluding hydrogens is 582 g/mol. The van der Waals surface area contributed by atoms with Crippen molar-refractivity contribution in [1.29, 1.82) is 0 Å². The van der Waals surface area contributed by atoms with Gasteiger partial charge in [0.2, 0.25) is 5.91 Å². The van der Waals surface area contributed by atoms with Crippen molar-refractivity contribution < 1.29 is 19.1 Å². The van der Waals surface area contributed by atoms with Crippen LogP contribution in [0.2, 0.25) is 5.02 Å². The van der Waals surface area contributed by atoms with Crippen molar-refractivity contribution >= 4 is 58.5 Å². The number of hydrogen-bond donors (Lipinski definition) is 3. The molecule has 0 aliphatic rings. The first-order valence-corrected chi connectivity index (χ1v) is 14.9. The van der Waals surface area contributed by atoms with E-state index in [4.69, 9.17) is 16.3 Å². The number of benzene rings is 4. The number of hydrogen-bond acceptors (Lipinski definition) is 5. The summed E-state index contributed by atoms with van der Waals surface area (Å²) in [6.45, 7) is 4.22. The maximum absolute atomic E-state index is 13.3. The van der Waals surface area contributed by atoms with Gasteiger partial charge in [-0.05, 0) is 77.7 Å². The number of carbonyl (C=O) groups is 3. The lowest BCUT2D eigenvalue weighted by Gasteiger charge is -2.12. The second kappa shape index (κ2) is 15.1. The van der Waals surface area contributed by atoms with E-state index in [-0.39, 0.29) is 23.3 Å². The smallest absolute Gasteiger partial charge is 0.272 e. The van der Waals surface area contributed by atoms with E-state index >= 15 is 0 Å². The third kappa shape index (κ3) is 9.23. The number of nitrogens with one attached hydrogen (secondary N) is 3. The number of thioether (sulfide) groups is 1. The summed E-state index contributed by atoms with van der Waals surface area (Å²) in [5.41, 5.74) is 3.63. The van der Waals surface area contributed by atoms with Gasteiger partial charge in [-0.2, -0.15) is 0 Å². The highest BCUT2D eigenvalue weighted by Crippen LogP contribution is 2.28. The van der Waals surface area contributed by atoms with Gasteiger partial charge in [-0.15, -0.1) is 11.8 Å². The molecule has 3 N–H and O–H groups in total. The number of halogens is 1. The molecule has 4 aromatic carbocycles. The molecular formula is C34H32ClN3O4S. The van der Waals surface area contributed by atoms with Gasteiger partial charge >= 0.3 is 0 Å². The van der Waals surface area contributed by atoms with Crippen LogP contribution >= 0.6 is 23.4 Å². The Hall–Kier alpha value is -4.53. The maximum Gasteiger partial charge on any atom is 0.272 e. The molecule has 9 heteroatoms. The van der Waals surface area contributed by atoms with Crippen LogP contribution < -0.4 is 20.7 Å². The van der Waals surface area contributed by atoms with Crippen LogP contribution in [0.15, 0.2) is 108 Å². The molecule has 3 amide bonds. The minimum Gasteiger partial charge on any atom is -0.495 e. The molecule has 0 radical (unpaired) electrons. The van der Waals surface area contributed by atoms with E-state index < -0.39 is 5.91 Å². The second-order valence-electron chi connectivity index (χ2n) is 9.86. The summed E-state index contributed by atoms with van der Waals surface area (Å²) in [6.07, 6.45) is 1.65. The lowest BCUT2D eigenvalue weighted by Crippen LogP contribution is -2.30. The van der Waals surface area contributed by atoms with Crippen LogP contribution in [0.3, 0.4) is 0 Å². The van der Waals surface area contributed by atoms with E-state index in [0.29, 0.717) is 33.6 Å². The van der Waals surface area contributed by atoms with Crippen molar-refractivity contribution in [2.75, 3.05) is 23.5 Å². The fourth-order valence-corrected chi connectivity index (χ4v) is 4.97. The van der Waals surface area contributed by atoms with Crippen molar-refractivity contribution in [3.8, 4) is 5.75 Å². The minimum absolute atomic E-state index is 0.111.